The Bertz CT molecular complexity index is 743. The molecule has 0 bridgehead atoms. The molecule has 170 valence electrons. The molecule has 2 rings (SSSR count). The quantitative estimate of drug-likeness (QED) is 0.256. The van der Waals surface area contributed by atoms with E-state index >= 15 is 0 Å². The van der Waals surface area contributed by atoms with Gasteiger partial charge in [0.05, 0.1) is 17.0 Å². The minimum Gasteiger partial charge on any atom is -0.480 e. The van der Waals surface area contributed by atoms with Gasteiger partial charge in [0.1, 0.15) is 12.6 Å². The summed E-state index contributed by atoms with van der Waals surface area (Å²) >= 11 is 0. The number of nitro groups is 1. The number of amides is 1. The van der Waals surface area contributed by atoms with Crippen molar-refractivity contribution < 1.29 is 24.4 Å². The molecule has 2 atom stereocenters. The zero-order valence-electron chi connectivity index (χ0n) is 17.3. The van der Waals surface area contributed by atoms with Gasteiger partial charge in [-0.25, -0.2) is 4.79 Å². The zero-order valence-corrected chi connectivity index (χ0v) is 17.3. The minimum atomic E-state index is -1.04. The molecule has 11 nitrogen and oxygen atoms in total. The highest BCUT2D eigenvalue weighted by molar-refractivity contribution is 5.72. The van der Waals surface area contributed by atoms with Gasteiger partial charge >= 0.3 is 12.1 Å². The van der Waals surface area contributed by atoms with Crippen LogP contribution >= 0.6 is 0 Å². The number of nitrogens with zero attached hydrogens (tertiary/aromatic N) is 2. The molecule has 0 saturated carbocycles. The number of carboxylic acids is 1. The average Bonchev–Trinajstić information content (AvgIpc) is 2.78. The van der Waals surface area contributed by atoms with E-state index in [0.29, 0.717) is 31.4 Å². The number of carbonyl (C=O) groups is 2. The van der Waals surface area contributed by atoms with Gasteiger partial charge in [-0.15, -0.1) is 0 Å². The van der Waals surface area contributed by atoms with Crippen molar-refractivity contribution in [2.24, 2.45) is 5.73 Å². The number of hydrogen-bond donors (Lipinski definition) is 4. The van der Waals surface area contributed by atoms with Crippen molar-refractivity contribution in [1.29, 1.82) is 5.26 Å². The van der Waals surface area contributed by atoms with Crippen LogP contribution in [0.15, 0.2) is 24.3 Å². The lowest BCUT2D eigenvalue weighted by molar-refractivity contribution is -0.384. The zero-order chi connectivity index (χ0) is 23.1. The van der Waals surface area contributed by atoms with Crippen LogP contribution in [0.1, 0.15) is 44.1 Å². The summed E-state index contributed by atoms with van der Waals surface area (Å²) in [4.78, 5) is 31.9. The van der Waals surface area contributed by atoms with Crippen molar-refractivity contribution in [3.63, 3.8) is 0 Å². The summed E-state index contributed by atoms with van der Waals surface area (Å²) < 4.78 is 4.96. The first kappa shape index (κ1) is 25.8. The van der Waals surface area contributed by atoms with Crippen molar-refractivity contribution in [2.45, 2.75) is 57.2 Å². The van der Waals surface area contributed by atoms with Crippen LogP contribution in [0.3, 0.4) is 0 Å². The maximum Gasteiger partial charge on any atom is 0.407 e. The number of non-ortho nitro benzene ring substituents is 1. The van der Waals surface area contributed by atoms with Gasteiger partial charge in [0, 0.05) is 18.7 Å². The number of rotatable bonds is 9. The number of ether oxygens (including phenoxy) is 1. The highest BCUT2D eigenvalue weighted by Gasteiger charge is 2.11. The van der Waals surface area contributed by atoms with E-state index in [1.54, 1.807) is 0 Å². The third-order valence-electron chi connectivity index (χ3n) is 4.51. The number of hydrogen-bond acceptors (Lipinski definition) is 8. The van der Waals surface area contributed by atoms with E-state index in [1.807, 2.05) is 0 Å². The first-order valence-electron chi connectivity index (χ1n) is 10.1. The van der Waals surface area contributed by atoms with E-state index in [2.05, 4.69) is 16.7 Å². The number of nitriles is 1. The molecule has 31 heavy (non-hydrogen) atoms. The molecule has 1 aliphatic heterocycles. The SMILES string of the molecule is N#CC1CCCCN1.N[C@@H](CCCCNC(=O)OCc1ccc([N+](=O)[O-])cc1)C(=O)O. The van der Waals surface area contributed by atoms with Gasteiger partial charge in [-0.3, -0.25) is 14.9 Å². The van der Waals surface area contributed by atoms with Crippen LogP contribution in [0, 0.1) is 21.4 Å². The summed E-state index contributed by atoms with van der Waals surface area (Å²) in [6, 6.07) is 7.15. The lowest BCUT2D eigenvalue weighted by Gasteiger charge is -2.15. The first-order valence-corrected chi connectivity index (χ1v) is 10.1. The number of aliphatic carboxylic acids is 1. The fourth-order valence-corrected chi connectivity index (χ4v) is 2.68. The monoisotopic (exact) mass is 435 g/mol. The lowest BCUT2D eigenvalue weighted by Crippen LogP contribution is -2.32. The highest BCUT2D eigenvalue weighted by Crippen LogP contribution is 2.12. The Kier molecular flexibility index (Phi) is 12.2. The van der Waals surface area contributed by atoms with Crippen molar-refractivity contribution in [1.82, 2.24) is 10.6 Å². The van der Waals surface area contributed by atoms with Gasteiger partial charge in [0.2, 0.25) is 0 Å². The van der Waals surface area contributed by atoms with Crippen molar-refractivity contribution in [2.75, 3.05) is 13.1 Å². The molecule has 5 N–H and O–H groups in total. The maximum absolute atomic E-state index is 11.4. The van der Waals surface area contributed by atoms with Crippen LogP contribution in [-0.2, 0) is 16.1 Å². The summed E-state index contributed by atoms with van der Waals surface area (Å²) in [6.45, 7) is 1.39. The summed E-state index contributed by atoms with van der Waals surface area (Å²) in [5.41, 5.74) is 5.95. The topological polar surface area (TPSA) is 181 Å². The molecular weight excluding hydrogens is 406 g/mol. The van der Waals surface area contributed by atoms with Gasteiger partial charge in [0.15, 0.2) is 0 Å². The Hall–Kier alpha value is -3.23. The summed E-state index contributed by atoms with van der Waals surface area (Å²) in [6.07, 6.45) is 4.39. The summed E-state index contributed by atoms with van der Waals surface area (Å²) in [5.74, 6) is -1.04. The first-order chi connectivity index (χ1) is 14.8. The number of piperidine rings is 1. The second kappa shape index (κ2) is 14.7. The van der Waals surface area contributed by atoms with Crippen LogP contribution in [0.25, 0.3) is 0 Å². The Morgan fingerprint density at radius 3 is 2.58 bits per heavy atom. The van der Waals surface area contributed by atoms with E-state index in [4.69, 9.17) is 20.8 Å². The highest BCUT2D eigenvalue weighted by atomic mass is 16.6. The van der Waals surface area contributed by atoms with Crippen LogP contribution in [-0.4, -0.2) is 47.3 Å². The molecule has 1 heterocycles. The minimum absolute atomic E-state index is 0.00765. The van der Waals surface area contributed by atoms with Crippen LogP contribution in [0.5, 0.6) is 0 Å². The summed E-state index contributed by atoms with van der Waals surface area (Å²) in [5, 5.41) is 33.1. The Morgan fingerprint density at radius 1 is 1.35 bits per heavy atom. The van der Waals surface area contributed by atoms with Crippen LogP contribution < -0.4 is 16.4 Å². The third-order valence-corrected chi connectivity index (χ3v) is 4.51. The van der Waals surface area contributed by atoms with Gasteiger partial charge in [-0.05, 0) is 62.8 Å². The van der Waals surface area contributed by atoms with Gasteiger partial charge in [-0.2, -0.15) is 5.26 Å². The number of nitro benzene ring substituents is 1. The smallest absolute Gasteiger partial charge is 0.407 e. The molecular formula is C20H29N5O6. The molecule has 0 spiro atoms. The number of benzene rings is 1. The molecule has 1 aromatic carbocycles. The molecule has 1 saturated heterocycles. The van der Waals surface area contributed by atoms with Crippen LogP contribution in [0.2, 0.25) is 0 Å². The Balaban J connectivity index is 0.000000500. The molecule has 0 radical (unpaired) electrons. The molecule has 0 aromatic heterocycles. The molecule has 0 aliphatic carbocycles. The van der Waals surface area contributed by atoms with Gasteiger partial charge in [0.25, 0.3) is 5.69 Å². The molecule has 1 aromatic rings. The number of carbonyl (C=O) groups excluding carboxylic acids is 1. The van der Waals surface area contributed by atoms with E-state index in [1.165, 1.54) is 37.1 Å². The summed E-state index contributed by atoms with van der Waals surface area (Å²) in [7, 11) is 0. The number of unbranched alkanes of at least 4 members (excludes halogenated alkanes) is 1. The normalized spacial score (nSPS) is 16.1. The Morgan fingerprint density at radius 2 is 2.06 bits per heavy atom. The predicted molar refractivity (Wildman–Crippen MR) is 112 cm³/mol. The average molecular weight is 435 g/mol. The number of alkyl carbamates (subject to hydrolysis) is 1. The maximum atomic E-state index is 11.4. The third kappa shape index (κ3) is 11.5. The second-order valence-electron chi connectivity index (χ2n) is 7.00. The fourth-order valence-electron chi connectivity index (χ4n) is 2.68. The van der Waals surface area contributed by atoms with E-state index < -0.39 is 23.0 Å². The number of nitrogens with two attached hydrogens (primary N) is 1. The van der Waals surface area contributed by atoms with Gasteiger partial charge < -0.3 is 26.2 Å². The molecule has 1 fully saturated rings. The lowest BCUT2D eigenvalue weighted by atomic mass is 10.1. The van der Waals surface area contributed by atoms with Gasteiger partial charge in [-0.1, -0.05) is 0 Å². The van der Waals surface area contributed by atoms with E-state index in [0.717, 1.165) is 13.0 Å². The number of carboxylic acid groups (broad SMARTS) is 1. The van der Waals surface area contributed by atoms with Crippen LogP contribution in [0.4, 0.5) is 10.5 Å². The Labute approximate surface area is 180 Å². The fraction of sp³-hybridized carbons (Fsp3) is 0.550. The van der Waals surface area contributed by atoms with Crippen molar-refractivity contribution >= 4 is 17.7 Å². The van der Waals surface area contributed by atoms with Crippen molar-refractivity contribution in [3.05, 3.63) is 39.9 Å². The largest absolute Gasteiger partial charge is 0.480 e. The van der Waals surface area contributed by atoms with E-state index in [9.17, 15) is 19.7 Å². The van der Waals surface area contributed by atoms with Crippen molar-refractivity contribution in [3.8, 4) is 6.07 Å². The number of nitrogens with one attached hydrogen (secondary N) is 2. The molecule has 1 aliphatic rings. The standard InChI is InChI=1S/C14H19N3O6.C6H10N2/c15-12(13(18)19)3-1-2-8-16-14(20)23-9-10-4-6-11(7-5-10)17(21)22;7-5-6-3-1-2-4-8-6/h4-7,12H,1-3,8-9,15H2,(H,16,20)(H,18,19);6,8H,1-4H2/t12-;/m0./s1. The predicted octanol–water partition coefficient (Wildman–Crippen LogP) is 2.06. The molecule has 1 unspecified atom stereocenters. The second-order valence-corrected chi connectivity index (χ2v) is 7.00. The van der Waals surface area contributed by atoms with E-state index in [-0.39, 0.29) is 18.3 Å². The molecule has 1 amide bonds. The molecule has 11 heteroatoms.